The van der Waals surface area contributed by atoms with Crippen LogP contribution in [-0.2, 0) is 10.0 Å². The fourth-order valence-electron chi connectivity index (χ4n) is 3.72. The summed E-state index contributed by atoms with van der Waals surface area (Å²) in [6.07, 6.45) is 2.30. The molecule has 27 heavy (non-hydrogen) atoms. The Morgan fingerprint density at radius 3 is 2.52 bits per heavy atom. The third-order valence-electron chi connectivity index (χ3n) is 5.28. The standard InChI is InChI=1S/C21H24N2O2S2/c24-27(25,20-8-7-17-4-1-2-5-19(17)16-20)22-11-14-23-12-9-18(10-13-23)21-6-3-15-26-21/h1-8,15-16,18,22H,9-14H2. The molecule has 4 rings (SSSR count). The van der Waals surface area contributed by atoms with Gasteiger partial charge in [-0.1, -0.05) is 36.4 Å². The second kappa shape index (κ2) is 8.10. The number of nitrogens with one attached hydrogen (secondary N) is 1. The number of hydrogen-bond acceptors (Lipinski definition) is 4. The minimum atomic E-state index is -3.47. The zero-order valence-electron chi connectivity index (χ0n) is 15.2. The first-order valence-corrected chi connectivity index (χ1v) is 11.7. The number of thiophene rings is 1. The van der Waals surface area contributed by atoms with Crippen LogP contribution in [0.5, 0.6) is 0 Å². The van der Waals surface area contributed by atoms with Gasteiger partial charge in [0.15, 0.2) is 0 Å². The summed E-state index contributed by atoms with van der Waals surface area (Å²) in [6, 6.07) is 17.4. The summed E-state index contributed by atoms with van der Waals surface area (Å²) in [4.78, 5) is 4.16. The van der Waals surface area contributed by atoms with E-state index in [2.05, 4.69) is 27.1 Å². The lowest BCUT2D eigenvalue weighted by Crippen LogP contribution is -2.39. The average Bonchev–Trinajstić information content (AvgIpc) is 3.23. The Labute approximate surface area is 164 Å². The highest BCUT2D eigenvalue weighted by Crippen LogP contribution is 2.30. The van der Waals surface area contributed by atoms with Crippen LogP contribution in [0.2, 0.25) is 0 Å². The highest BCUT2D eigenvalue weighted by atomic mass is 32.2. The first-order chi connectivity index (χ1) is 13.1. The van der Waals surface area contributed by atoms with E-state index in [0.29, 0.717) is 17.4 Å². The Morgan fingerprint density at radius 1 is 1.00 bits per heavy atom. The van der Waals surface area contributed by atoms with E-state index in [-0.39, 0.29) is 0 Å². The van der Waals surface area contributed by atoms with Gasteiger partial charge in [-0.3, -0.25) is 0 Å². The van der Waals surface area contributed by atoms with E-state index in [1.807, 2.05) is 41.7 Å². The van der Waals surface area contributed by atoms with Crippen LogP contribution in [0.4, 0.5) is 0 Å². The Morgan fingerprint density at radius 2 is 1.78 bits per heavy atom. The number of piperidine rings is 1. The molecular weight excluding hydrogens is 376 g/mol. The molecule has 0 radical (unpaired) electrons. The van der Waals surface area contributed by atoms with Gasteiger partial charge in [-0.2, -0.15) is 0 Å². The molecule has 0 saturated carbocycles. The van der Waals surface area contributed by atoms with Crippen LogP contribution in [0.15, 0.2) is 64.9 Å². The van der Waals surface area contributed by atoms with Crippen molar-refractivity contribution < 1.29 is 8.42 Å². The Bertz CT molecular complexity index is 992. The fourth-order valence-corrected chi connectivity index (χ4v) is 5.68. The molecule has 0 bridgehead atoms. The van der Waals surface area contributed by atoms with Gasteiger partial charge in [0.25, 0.3) is 0 Å². The van der Waals surface area contributed by atoms with Gasteiger partial charge in [0.2, 0.25) is 10.0 Å². The summed E-state index contributed by atoms with van der Waals surface area (Å²) in [5.74, 6) is 0.663. The van der Waals surface area contributed by atoms with Crippen molar-refractivity contribution in [2.75, 3.05) is 26.2 Å². The normalized spacial score (nSPS) is 16.7. The number of benzene rings is 2. The molecule has 0 spiro atoms. The zero-order chi connectivity index (χ0) is 18.7. The van der Waals surface area contributed by atoms with Crippen LogP contribution in [0, 0.1) is 0 Å². The van der Waals surface area contributed by atoms with Crippen molar-refractivity contribution in [3.8, 4) is 0 Å². The first-order valence-electron chi connectivity index (χ1n) is 9.36. The summed E-state index contributed by atoms with van der Waals surface area (Å²) in [6.45, 7) is 3.25. The van der Waals surface area contributed by atoms with Crippen molar-refractivity contribution in [3.63, 3.8) is 0 Å². The minimum Gasteiger partial charge on any atom is -0.302 e. The molecule has 1 aliphatic rings. The summed E-state index contributed by atoms with van der Waals surface area (Å²) in [5.41, 5.74) is 0. The summed E-state index contributed by atoms with van der Waals surface area (Å²) in [7, 11) is -3.47. The predicted molar refractivity (Wildman–Crippen MR) is 112 cm³/mol. The first kappa shape index (κ1) is 18.6. The molecule has 0 atom stereocenters. The topological polar surface area (TPSA) is 49.4 Å². The van der Waals surface area contributed by atoms with Gasteiger partial charge in [-0.25, -0.2) is 13.1 Å². The van der Waals surface area contributed by atoms with Crippen molar-refractivity contribution in [2.45, 2.75) is 23.7 Å². The number of fused-ring (bicyclic) bond motifs is 1. The molecule has 0 unspecified atom stereocenters. The molecule has 6 heteroatoms. The van der Waals surface area contributed by atoms with Crippen molar-refractivity contribution in [1.82, 2.24) is 9.62 Å². The van der Waals surface area contributed by atoms with E-state index >= 15 is 0 Å². The molecule has 1 N–H and O–H groups in total. The number of sulfonamides is 1. The van der Waals surface area contributed by atoms with Gasteiger partial charge >= 0.3 is 0 Å². The Kier molecular flexibility index (Phi) is 5.59. The quantitative estimate of drug-likeness (QED) is 0.679. The largest absolute Gasteiger partial charge is 0.302 e. The maximum absolute atomic E-state index is 12.6. The van der Waals surface area contributed by atoms with E-state index in [0.717, 1.165) is 43.2 Å². The highest BCUT2D eigenvalue weighted by Gasteiger charge is 2.21. The van der Waals surface area contributed by atoms with Crippen molar-refractivity contribution in [1.29, 1.82) is 0 Å². The van der Waals surface area contributed by atoms with Crippen LogP contribution in [0.25, 0.3) is 10.8 Å². The van der Waals surface area contributed by atoms with Crippen molar-refractivity contribution in [3.05, 3.63) is 64.9 Å². The van der Waals surface area contributed by atoms with Crippen molar-refractivity contribution in [2.24, 2.45) is 0 Å². The van der Waals surface area contributed by atoms with E-state index in [9.17, 15) is 8.42 Å². The second-order valence-electron chi connectivity index (χ2n) is 7.04. The number of nitrogens with zero attached hydrogens (tertiary/aromatic N) is 1. The number of likely N-dealkylation sites (tertiary alicyclic amines) is 1. The lowest BCUT2D eigenvalue weighted by Gasteiger charge is -2.31. The molecule has 1 aromatic heterocycles. The van der Waals surface area contributed by atoms with E-state index in [1.54, 1.807) is 12.1 Å². The Balaban J connectivity index is 1.30. The third kappa shape index (κ3) is 4.41. The minimum absolute atomic E-state index is 0.331. The van der Waals surface area contributed by atoms with Gasteiger partial charge in [-0.15, -0.1) is 11.3 Å². The molecule has 2 aromatic carbocycles. The third-order valence-corrected chi connectivity index (χ3v) is 7.78. The van der Waals surface area contributed by atoms with Gasteiger partial charge in [0.05, 0.1) is 4.90 Å². The van der Waals surface area contributed by atoms with E-state index in [4.69, 9.17) is 0 Å². The molecule has 1 saturated heterocycles. The zero-order valence-corrected chi connectivity index (χ0v) is 16.8. The average molecular weight is 401 g/mol. The smallest absolute Gasteiger partial charge is 0.240 e. The maximum Gasteiger partial charge on any atom is 0.240 e. The maximum atomic E-state index is 12.6. The molecule has 4 nitrogen and oxygen atoms in total. The summed E-state index contributed by atoms with van der Waals surface area (Å²) >= 11 is 1.84. The van der Waals surface area contributed by atoms with Crippen LogP contribution < -0.4 is 4.72 Å². The number of hydrogen-bond donors (Lipinski definition) is 1. The molecular formula is C21H24N2O2S2. The molecule has 1 fully saturated rings. The fraction of sp³-hybridized carbons (Fsp3) is 0.333. The van der Waals surface area contributed by atoms with Crippen LogP contribution >= 0.6 is 11.3 Å². The molecule has 2 heterocycles. The Hall–Kier alpha value is -1.73. The highest BCUT2D eigenvalue weighted by molar-refractivity contribution is 7.89. The van der Waals surface area contributed by atoms with E-state index < -0.39 is 10.0 Å². The molecule has 0 amide bonds. The van der Waals surface area contributed by atoms with Gasteiger partial charge in [0.1, 0.15) is 0 Å². The van der Waals surface area contributed by atoms with Crippen LogP contribution in [0.3, 0.4) is 0 Å². The van der Waals surface area contributed by atoms with Crippen molar-refractivity contribution >= 4 is 32.1 Å². The molecule has 0 aliphatic carbocycles. The monoisotopic (exact) mass is 400 g/mol. The van der Waals surface area contributed by atoms with Gasteiger partial charge in [-0.05, 0) is 66.2 Å². The lowest BCUT2D eigenvalue weighted by atomic mass is 9.95. The van der Waals surface area contributed by atoms with Crippen LogP contribution in [0.1, 0.15) is 23.6 Å². The second-order valence-corrected chi connectivity index (χ2v) is 9.78. The molecule has 142 valence electrons. The number of rotatable bonds is 6. The van der Waals surface area contributed by atoms with Gasteiger partial charge in [0, 0.05) is 18.0 Å². The summed E-state index contributed by atoms with van der Waals surface area (Å²) < 4.78 is 28.0. The SMILES string of the molecule is O=S(=O)(NCCN1CCC(c2cccs2)CC1)c1ccc2ccccc2c1. The lowest BCUT2D eigenvalue weighted by molar-refractivity contribution is 0.217. The summed E-state index contributed by atoms with van der Waals surface area (Å²) in [5, 5.41) is 4.13. The predicted octanol–water partition coefficient (Wildman–Crippen LogP) is 4.06. The van der Waals surface area contributed by atoms with E-state index in [1.165, 1.54) is 4.88 Å². The van der Waals surface area contributed by atoms with Gasteiger partial charge < -0.3 is 4.90 Å². The molecule has 1 aliphatic heterocycles. The van der Waals surface area contributed by atoms with Crippen LogP contribution in [-0.4, -0.2) is 39.5 Å². The molecule has 3 aromatic rings.